The fourth-order valence-electron chi connectivity index (χ4n) is 12.0. The lowest BCUT2D eigenvalue weighted by Gasteiger charge is -2.39. The first kappa shape index (κ1) is 63.6. The number of fused-ring (bicyclic) bond motifs is 8. The number of hydrogen-bond donors (Lipinski definition) is 14. The van der Waals surface area contributed by atoms with Gasteiger partial charge in [-0.3, -0.25) is 0 Å². The molecule has 0 spiro atoms. The number of nitrogens with zero attached hydrogens (tertiary/aromatic N) is 2. The summed E-state index contributed by atoms with van der Waals surface area (Å²) >= 11 is 0. The van der Waals surface area contributed by atoms with Crippen molar-refractivity contribution in [2.75, 3.05) is 19.8 Å². The van der Waals surface area contributed by atoms with Crippen molar-refractivity contribution in [1.82, 2.24) is 19.9 Å². The van der Waals surface area contributed by atoms with Gasteiger partial charge in [-0.05, 0) is 114 Å². The van der Waals surface area contributed by atoms with E-state index < -0.39 is 112 Å². The van der Waals surface area contributed by atoms with Gasteiger partial charge in [-0.15, -0.1) is 0 Å². The fraction of sp³-hybridized carbons (Fsp3) is 0.433. The molecule has 89 heavy (non-hydrogen) atoms. The molecule has 8 bridgehead atoms. The molecule has 5 aliphatic rings. The largest absolute Gasteiger partial charge is 0.462 e. The molecule has 11 rings (SSSR count). The number of aliphatic hydroxyl groups is 12. The number of benzene rings is 3. The van der Waals surface area contributed by atoms with Crippen LogP contribution in [0.4, 0.5) is 0 Å². The first-order valence-corrected chi connectivity index (χ1v) is 30.5. The Hall–Kier alpha value is -6.94. The molecule has 3 aromatic carbocycles. The van der Waals surface area contributed by atoms with Crippen LogP contribution in [-0.2, 0) is 20.6 Å². The van der Waals surface area contributed by atoms with Gasteiger partial charge in [-0.1, -0.05) is 94.7 Å². The number of aryl methyl sites for hydroxylation is 1. The Labute approximate surface area is 513 Å². The summed E-state index contributed by atoms with van der Waals surface area (Å²) in [6.45, 7) is 0.365. The van der Waals surface area contributed by atoms with Crippen LogP contribution in [0.2, 0.25) is 0 Å². The van der Waals surface area contributed by atoms with Crippen LogP contribution < -0.4 is 14.2 Å². The number of H-pyrrole nitrogens is 2. The van der Waals surface area contributed by atoms with E-state index in [1.165, 1.54) is 32.1 Å². The lowest BCUT2D eigenvalue weighted by molar-refractivity contribution is -0.277. The molecule has 22 heteroatoms. The van der Waals surface area contributed by atoms with Crippen molar-refractivity contribution < 1.29 is 89.7 Å². The van der Waals surface area contributed by atoms with E-state index in [-0.39, 0.29) is 17.2 Å². The molecule has 22 nitrogen and oxygen atoms in total. The van der Waals surface area contributed by atoms with Gasteiger partial charge in [-0.25, -0.2) is 9.97 Å². The Bertz CT molecular complexity index is 3510. The van der Waals surface area contributed by atoms with Crippen LogP contribution in [0.15, 0.2) is 97.1 Å². The summed E-state index contributed by atoms with van der Waals surface area (Å²) < 4.78 is 35.0. The molecular formula is C67H78N4O18. The minimum Gasteiger partial charge on any atom is -0.462 e. The Balaban J connectivity index is 1.05. The van der Waals surface area contributed by atoms with Crippen molar-refractivity contribution in [2.24, 2.45) is 0 Å². The fourth-order valence-corrected chi connectivity index (χ4v) is 12.0. The van der Waals surface area contributed by atoms with Crippen molar-refractivity contribution in [2.45, 2.75) is 163 Å². The lowest BCUT2D eigenvalue weighted by atomic mass is 9.99. The maximum Gasteiger partial charge on any atom is 0.229 e. The second kappa shape index (κ2) is 28.5. The molecule has 0 aliphatic carbocycles. The molecule has 5 aliphatic heterocycles. The zero-order valence-corrected chi connectivity index (χ0v) is 49.1. The number of rotatable bonds is 22. The van der Waals surface area contributed by atoms with Gasteiger partial charge in [0.1, 0.15) is 90.5 Å². The molecule has 14 N–H and O–H groups in total. The number of unbranched alkanes of at least 4 members (excludes halogenated alkanes) is 8. The lowest BCUT2D eigenvalue weighted by Crippen LogP contribution is -2.60. The van der Waals surface area contributed by atoms with E-state index in [9.17, 15) is 61.3 Å². The maximum absolute atomic E-state index is 10.8. The van der Waals surface area contributed by atoms with E-state index >= 15 is 0 Å². The predicted octanol–water partition coefficient (Wildman–Crippen LogP) is 5.27. The van der Waals surface area contributed by atoms with E-state index in [1.807, 2.05) is 72.8 Å². The van der Waals surface area contributed by atoms with Gasteiger partial charge >= 0.3 is 0 Å². The smallest absolute Gasteiger partial charge is 0.229 e. The number of ether oxygens (including phenoxy) is 6. The third-order valence-corrected chi connectivity index (χ3v) is 17.1. The first-order valence-electron chi connectivity index (χ1n) is 30.5. The van der Waals surface area contributed by atoms with Gasteiger partial charge in [0.15, 0.2) is 0 Å². The highest BCUT2D eigenvalue weighted by atomic mass is 16.7. The quantitative estimate of drug-likeness (QED) is 0.0384. The molecule has 0 saturated carbocycles. The molecule has 0 radical (unpaired) electrons. The molecule has 15 atom stereocenters. The molecule has 8 heterocycles. The van der Waals surface area contributed by atoms with Crippen LogP contribution in [0.3, 0.4) is 0 Å². The van der Waals surface area contributed by atoms with Gasteiger partial charge in [0.25, 0.3) is 0 Å². The summed E-state index contributed by atoms with van der Waals surface area (Å²) in [6.07, 6.45) is -3.32. The van der Waals surface area contributed by atoms with Crippen molar-refractivity contribution >= 4 is 46.4 Å². The molecular weight excluding hydrogens is 1150 g/mol. The van der Waals surface area contributed by atoms with Crippen LogP contribution in [-0.4, -0.2) is 193 Å². The number of aromatic amines is 2. The minimum atomic E-state index is -1.65. The van der Waals surface area contributed by atoms with Crippen molar-refractivity contribution in [3.05, 3.63) is 125 Å². The summed E-state index contributed by atoms with van der Waals surface area (Å²) in [4.78, 5) is 18.3. The molecule has 6 aromatic rings. The predicted molar refractivity (Wildman–Crippen MR) is 329 cm³/mol. The van der Waals surface area contributed by atoms with Crippen molar-refractivity contribution in [3.63, 3.8) is 0 Å². The number of aromatic nitrogens is 4. The monoisotopic (exact) mass is 1230 g/mol. The van der Waals surface area contributed by atoms with Crippen molar-refractivity contribution in [1.29, 1.82) is 0 Å². The van der Waals surface area contributed by atoms with Crippen LogP contribution >= 0.6 is 0 Å². The van der Waals surface area contributed by atoms with Crippen molar-refractivity contribution in [3.8, 4) is 50.6 Å². The first-order chi connectivity index (χ1) is 43.2. The second-order valence-electron chi connectivity index (χ2n) is 23.2. The number of nitrogens with one attached hydrogen (secondary N) is 2. The third-order valence-electron chi connectivity index (χ3n) is 17.1. The second-order valence-corrected chi connectivity index (χ2v) is 23.2. The summed E-state index contributed by atoms with van der Waals surface area (Å²) in [5.74, 6) is 0.792. The van der Waals surface area contributed by atoms with Gasteiger partial charge < -0.3 is 99.7 Å². The summed E-state index contributed by atoms with van der Waals surface area (Å²) in [7, 11) is 0. The normalized spacial score (nSPS) is 27.6. The number of hydrogen-bond acceptors (Lipinski definition) is 20. The van der Waals surface area contributed by atoms with E-state index in [0.29, 0.717) is 45.7 Å². The van der Waals surface area contributed by atoms with E-state index in [0.717, 1.165) is 70.2 Å². The Morgan fingerprint density at radius 3 is 1.01 bits per heavy atom. The van der Waals surface area contributed by atoms with Gasteiger partial charge in [-0.2, -0.15) is 0 Å². The van der Waals surface area contributed by atoms with Crippen LogP contribution in [0.5, 0.6) is 17.2 Å². The average Bonchev–Trinajstić information content (AvgIpc) is 1.85. The van der Waals surface area contributed by atoms with Gasteiger partial charge in [0, 0.05) is 44.3 Å². The average molecular weight is 1230 g/mol. The maximum atomic E-state index is 10.8. The Morgan fingerprint density at radius 2 is 0.663 bits per heavy atom. The highest BCUT2D eigenvalue weighted by Crippen LogP contribution is 2.40. The van der Waals surface area contributed by atoms with Gasteiger partial charge in [0.2, 0.25) is 18.9 Å². The van der Waals surface area contributed by atoms with Crippen LogP contribution in [0, 0.1) is 0 Å². The molecule has 0 amide bonds. The van der Waals surface area contributed by atoms with E-state index in [2.05, 4.69) is 16.9 Å². The molecule has 3 fully saturated rings. The number of aliphatic hydroxyl groups excluding tert-OH is 12. The summed E-state index contributed by atoms with van der Waals surface area (Å²) in [5, 5.41) is 125. The highest BCUT2D eigenvalue weighted by molar-refractivity contribution is 5.98. The Morgan fingerprint density at radius 1 is 0.360 bits per heavy atom. The standard InChI is InChI=1S/C67H78N4O18/c1-2-3-4-5-6-7-8-9-10-11-41-42-24-26-44(68-42)53(35-12-18-38(19-13-35)84-65-62(81)59(78)56(75)50(32-72)87-65)46-28-30-48(70-46)55(37-16-22-40(23-17-37)86-67-64(83)61(80)58(77)52(34-74)89-67)49-31-29-47(71-49)54(45-27-25-43(41)69-45)36-14-20-39(21-15-36)85-66-63(82)60(79)57(76)51(33-73)88-66/h12-31,50-52,56-68,71-83H,2-11,32-34H2,1H3/t50-,51-,52-,56-,57-,58-,59+,60+,61+,62-,63-,64-,65-,66-,67-/m1/s1. The molecule has 474 valence electrons. The van der Waals surface area contributed by atoms with E-state index in [4.69, 9.17) is 38.4 Å². The zero-order chi connectivity index (χ0) is 62.5. The molecule has 3 aromatic heterocycles. The Kier molecular flexibility index (Phi) is 20.4. The summed E-state index contributed by atoms with van der Waals surface area (Å²) in [6, 6.07) is 29.0. The summed E-state index contributed by atoms with van der Waals surface area (Å²) in [5.41, 5.74) is 10.6. The zero-order valence-electron chi connectivity index (χ0n) is 49.1. The van der Waals surface area contributed by atoms with E-state index in [1.54, 1.807) is 48.5 Å². The SMILES string of the molecule is CCCCCCCCCCCc1c2nc(c(-c3ccc(O[C@@H]4O[C@H](CO)[C@@H](O)[C@H](O)[C@H]4O)cc3)c3ccc([nH]3)c(-c3ccc(O[C@@H]4O[C@H](CO)[C@@H](O)[C@H](O)[C@H]4O)cc3)c3nc(c(-c4ccc(O[C@@H]5O[C@H](CO)[C@@H](O)[C@H](O)[C@H]5O)cc4)c4ccc1[nH]4)C=C3)C=C2. The molecule has 0 unspecified atom stereocenters. The third kappa shape index (κ3) is 13.7. The topological polar surface area (TPSA) is 356 Å². The molecule has 3 saturated heterocycles. The van der Waals surface area contributed by atoms with Gasteiger partial charge in [0.05, 0.1) is 42.6 Å². The van der Waals surface area contributed by atoms with Crippen LogP contribution in [0.25, 0.3) is 79.8 Å². The van der Waals surface area contributed by atoms with Crippen LogP contribution in [0.1, 0.15) is 93.1 Å². The highest BCUT2D eigenvalue weighted by Gasteiger charge is 2.47. The minimum absolute atomic E-state index is 0.244.